The van der Waals surface area contributed by atoms with Crippen LogP contribution < -0.4 is 4.74 Å². The number of halogens is 1. The molecule has 0 amide bonds. The fraction of sp³-hybridized carbons (Fsp3) is 0.438. The van der Waals surface area contributed by atoms with Crippen molar-refractivity contribution in [3.63, 3.8) is 0 Å². The first-order chi connectivity index (χ1) is 10.7. The van der Waals surface area contributed by atoms with Gasteiger partial charge in [0.05, 0.1) is 25.1 Å². The lowest BCUT2D eigenvalue weighted by molar-refractivity contribution is 0.256. The zero-order valence-electron chi connectivity index (χ0n) is 12.6. The highest BCUT2D eigenvalue weighted by molar-refractivity contribution is 5.29. The van der Waals surface area contributed by atoms with Crippen molar-refractivity contribution in [2.24, 2.45) is 0 Å². The molecule has 22 heavy (non-hydrogen) atoms. The van der Waals surface area contributed by atoms with Gasteiger partial charge in [-0.2, -0.15) is 5.10 Å². The highest BCUT2D eigenvalue weighted by atomic mass is 19.1. The first-order valence-corrected chi connectivity index (χ1v) is 7.41. The van der Waals surface area contributed by atoms with Crippen molar-refractivity contribution in [1.82, 2.24) is 14.7 Å². The smallest absolute Gasteiger partial charge is 0.131 e. The predicted molar refractivity (Wildman–Crippen MR) is 79.8 cm³/mol. The van der Waals surface area contributed by atoms with Gasteiger partial charge < -0.3 is 9.84 Å². The second-order valence-corrected chi connectivity index (χ2v) is 5.53. The minimum atomic E-state index is -0.242. The van der Waals surface area contributed by atoms with E-state index in [0.717, 1.165) is 25.2 Å². The number of aromatic nitrogens is 2. The zero-order chi connectivity index (χ0) is 15.5. The summed E-state index contributed by atoms with van der Waals surface area (Å²) in [7, 11) is 1.53. The Balaban J connectivity index is 1.75. The lowest BCUT2D eigenvalue weighted by atomic mass is 10.2. The SMILES string of the molecule is COc1ccc(CN2CCCn3nc(CO)cc3C2)c(F)c1. The number of aryl methyl sites for hydroxylation is 1. The molecule has 0 aliphatic carbocycles. The van der Waals surface area contributed by atoms with E-state index in [9.17, 15) is 9.50 Å². The van der Waals surface area contributed by atoms with E-state index in [1.54, 1.807) is 12.1 Å². The van der Waals surface area contributed by atoms with Gasteiger partial charge in [-0.1, -0.05) is 6.07 Å². The van der Waals surface area contributed by atoms with Crippen molar-refractivity contribution in [2.75, 3.05) is 13.7 Å². The van der Waals surface area contributed by atoms with E-state index in [-0.39, 0.29) is 12.4 Å². The van der Waals surface area contributed by atoms with Gasteiger partial charge in [0.25, 0.3) is 0 Å². The predicted octanol–water partition coefficient (Wildman–Crippen LogP) is 1.93. The standard InChI is InChI=1S/C16H20FN3O2/c1-22-15-4-3-12(16(17)8-15)9-19-5-2-6-20-14(10-19)7-13(11-21)18-20/h3-4,7-8,21H,2,5-6,9-11H2,1H3. The van der Waals surface area contributed by atoms with Crippen LogP contribution in [0.2, 0.25) is 0 Å². The minimum Gasteiger partial charge on any atom is -0.497 e. The topological polar surface area (TPSA) is 50.5 Å². The van der Waals surface area contributed by atoms with E-state index in [2.05, 4.69) is 10.00 Å². The summed E-state index contributed by atoms with van der Waals surface area (Å²) >= 11 is 0. The third-order valence-corrected chi connectivity index (χ3v) is 3.96. The summed E-state index contributed by atoms with van der Waals surface area (Å²) in [5.41, 5.74) is 2.42. The van der Waals surface area contributed by atoms with Crippen LogP contribution in [0.1, 0.15) is 23.4 Å². The molecule has 0 atom stereocenters. The van der Waals surface area contributed by atoms with Crippen LogP contribution in [0.4, 0.5) is 4.39 Å². The van der Waals surface area contributed by atoms with E-state index in [0.29, 0.717) is 30.1 Å². The number of hydrogen-bond donors (Lipinski definition) is 1. The maximum Gasteiger partial charge on any atom is 0.131 e. The molecule has 0 radical (unpaired) electrons. The Morgan fingerprint density at radius 3 is 2.91 bits per heavy atom. The molecule has 3 rings (SSSR count). The highest BCUT2D eigenvalue weighted by Gasteiger charge is 2.18. The van der Waals surface area contributed by atoms with E-state index in [4.69, 9.17) is 4.74 Å². The third-order valence-electron chi connectivity index (χ3n) is 3.96. The van der Waals surface area contributed by atoms with Crippen molar-refractivity contribution in [2.45, 2.75) is 32.7 Å². The summed E-state index contributed by atoms with van der Waals surface area (Å²) in [5, 5.41) is 13.6. The number of rotatable bonds is 4. The number of fused-ring (bicyclic) bond motifs is 1. The Morgan fingerprint density at radius 2 is 2.18 bits per heavy atom. The Labute approximate surface area is 128 Å². The molecule has 1 aliphatic rings. The van der Waals surface area contributed by atoms with E-state index >= 15 is 0 Å². The fourth-order valence-corrected chi connectivity index (χ4v) is 2.82. The maximum atomic E-state index is 14.1. The molecule has 0 saturated heterocycles. The average molecular weight is 305 g/mol. The Hall–Kier alpha value is -1.92. The number of methoxy groups -OCH3 is 1. The van der Waals surface area contributed by atoms with Crippen molar-refractivity contribution < 1.29 is 14.2 Å². The molecule has 1 aromatic heterocycles. The van der Waals surface area contributed by atoms with Gasteiger partial charge in [0.15, 0.2) is 0 Å². The van der Waals surface area contributed by atoms with Crippen molar-refractivity contribution in [3.8, 4) is 5.75 Å². The Kier molecular flexibility index (Phi) is 4.40. The van der Waals surface area contributed by atoms with Gasteiger partial charge in [0.1, 0.15) is 11.6 Å². The number of aliphatic hydroxyl groups excluding tert-OH is 1. The van der Waals surface area contributed by atoms with Gasteiger partial charge in [-0.15, -0.1) is 0 Å². The first-order valence-electron chi connectivity index (χ1n) is 7.41. The van der Waals surface area contributed by atoms with Crippen molar-refractivity contribution in [1.29, 1.82) is 0 Å². The summed E-state index contributed by atoms with van der Waals surface area (Å²) in [4.78, 5) is 2.20. The van der Waals surface area contributed by atoms with E-state index in [1.807, 2.05) is 10.7 Å². The Bertz CT molecular complexity index is 657. The molecule has 1 N–H and O–H groups in total. The molecule has 0 bridgehead atoms. The second-order valence-electron chi connectivity index (χ2n) is 5.53. The first kappa shape index (κ1) is 15.0. The number of ether oxygens (including phenoxy) is 1. The normalized spacial score (nSPS) is 15.4. The van der Waals surface area contributed by atoms with Crippen LogP contribution in [0, 0.1) is 5.82 Å². The van der Waals surface area contributed by atoms with Crippen LogP contribution in [0.25, 0.3) is 0 Å². The monoisotopic (exact) mass is 305 g/mol. The number of hydrogen-bond acceptors (Lipinski definition) is 4. The van der Waals surface area contributed by atoms with Gasteiger partial charge in [0.2, 0.25) is 0 Å². The molecule has 118 valence electrons. The third kappa shape index (κ3) is 3.13. The molecule has 2 heterocycles. The van der Waals surface area contributed by atoms with Crippen LogP contribution in [0.5, 0.6) is 5.75 Å². The minimum absolute atomic E-state index is 0.0485. The largest absolute Gasteiger partial charge is 0.497 e. The zero-order valence-corrected chi connectivity index (χ0v) is 12.6. The molecule has 6 heteroatoms. The van der Waals surface area contributed by atoms with Crippen LogP contribution in [0.3, 0.4) is 0 Å². The summed E-state index contributed by atoms with van der Waals surface area (Å²) in [6, 6.07) is 6.89. The lowest BCUT2D eigenvalue weighted by Gasteiger charge is -2.20. The molecule has 5 nitrogen and oxygen atoms in total. The summed E-state index contributed by atoms with van der Waals surface area (Å²) in [6.07, 6.45) is 0.956. The molecular formula is C16H20FN3O2. The van der Waals surface area contributed by atoms with Crippen LogP contribution >= 0.6 is 0 Å². The van der Waals surface area contributed by atoms with Gasteiger partial charge in [-0.3, -0.25) is 9.58 Å². The number of benzene rings is 1. The molecular weight excluding hydrogens is 285 g/mol. The summed E-state index contributed by atoms with van der Waals surface area (Å²) < 4.78 is 21.1. The summed E-state index contributed by atoms with van der Waals surface area (Å²) in [6.45, 7) is 2.93. The van der Waals surface area contributed by atoms with Gasteiger partial charge in [0, 0.05) is 37.8 Å². The summed E-state index contributed by atoms with van der Waals surface area (Å²) in [5.74, 6) is 0.288. The van der Waals surface area contributed by atoms with Crippen molar-refractivity contribution in [3.05, 3.63) is 47.0 Å². The van der Waals surface area contributed by atoms with Gasteiger partial charge >= 0.3 is 0 Å². The average Bonchev–Trinajstić information content (AvgIpc) is 2.82. The molecule has 0 unspecified atom stereocenters. The molecule has 2 aromatic rings. The fourth-order valence-electron chi connectivity index (χ4n) is 2.82. The second kappa shape index (κ2) is 6.46. The molecule has 1 aromatic carbocycles. The maximum absolute atomic E-state index is 14.1. The molecule has 0 spiro atoms. The number of aliphatic hydroxyl groups is 1. The number of nitrogens with zero attached hydrogens (tertiary/aromatic N) is 3. The van der Waals surface area contributed by atoms with Crippen LogP contribution in [-0.4, -0.2) is 33.4 Å². The molecule has 0 fully saturated rings. The van der Waals surface area contributed by atoms with Crippen LogP contribution in [0.15, 0.2) is 24.3 Å². The molecule has 1 aliphatic heterocycles. The van der Waals surface area contributed by atoms with E-state index < -0.39 is 0 Å². The van der Waals surface area contributed by atoms with Gasteiger partial charge in [-0.25, -0.2) is 4.39 Å². The molecule has 0 saturated carbocycles. The van der Waals surface area contributed by atoms with Crippen molar-refractivity contribution >= 4 is 0 Å². The van der Waals surface area contributed by atoms with Gasteiger partial charge in [-0.05, 0) is 18.6 Å². The van der Waals surface area contributed by atoms with Crippen LogP contribution in [-0.2, 0) is 26.2 Å². The van der Waals surface area contributed by atoms with E-state index in [1.165, 1.54) is 13.2 Å². The Morgan fingerprint density at radius 1 is 1.32 bits per heavy atom. The highest BCUT2D eigenvalue weighted by Crippen LogP contribution is 2.20. The quantitative estimate of drug-likeness (QED) is 0.938. The lowest BCUT2D eigenvalue weighted by Crippen LogP contribution is -2.23.